The number of aromatic nitrogens is 3. The first-order valence-electron chi connectivity index (χ1n) is 6.63. The molecule has 0 spiro atoms. The predicted octanol–water partition coefficient (Wildman–Crippen LogP) is 3.61. The van der Waals surface area contributed by atoms with Crippen LogP contribution in [-0.2, 0) is 0 Å². The lowest BCUT2D eigenvalue weighted by atomic mass is 10.1. The van der Waals surface area contributed by atoms with E-state index in [0.717, 1.165) is 5.69 Å². The van der Waals surface area contributed by atoms with E-state index in [4.69, 9.17) is 4.74 Å². The summed E-state index contributed by atoms with van der Waals surface area (Å²) >= 11 is 0. The summed E-state index contributed by atoms with van der Waals surface area (Å²) in [5, 5.41) is 4.33. The molecule has 0 saturated heterocycles. The Morgan fingerprint density at radius 3 is 2.61 bits per heavy atom. The van der Waals surface area contributed by atoms with Crippen molar-refractivity contribution in [2.45, 2.75) is 13.3 Å². The van der Waals surface area contributed by atoms with Gasteiger partial charge in [-0.25, -0.2) is 9.50 Å². The molecule has 0 aliphatic heterocycles. The van der Waals surface area contributed by atoms with Gasteiger partial charge in [0.15, 0.2) is 5.65 Å². The molecular formula is C15H12F3N3O2. The van der Waals surface area contributed by atoms with Gasteiger partial charge in [-0.3, -0.25) is 0 Å². The van der Waals surface area contributed by atoms with Crippen LogP contribution in [0, 0.1) is 6.92 Å². The van der Waals surface area contributed by atoms with Crippen LogP contribution in [0.1, 0.15) is 5.69 Å². The number of ether oxygens (including phenoxy) is 2. The van der Waals surface area contributed by atoms with E-state index in [1.54, 1.807) is 16.6 Å². The minimum Gasteiger partial charge on any atom is -0.496 e. The molecule has 3 rings (SSSR count). The molecule has 0 amide bonds. The molecule has 23 heavy (non-hydrogen) atoms. The summed E-state index contributed by atoms with van der Waals surface area (Å²) in [6.07, 6.45) is -3.24. The van der Waals surface area contributed by atoms with Crippen LogP contribution in [0.4, 0.5) is 13.2 Å². The summed E-state index contributed by atoms with van der Waals surface area (Å²) in [5.41, 5.74) is 2.24. The van der Waals surface area contributed by atoms with Gasteiger partial charge in [-0.15, -0.1) is 13.2 Å². The van der Waals surface area contributed by atoms with E-state index in [-0.39, 0.29) is 5.75 Å². The Labute approximate surface area is 129 Å². The van der Waals surface area contributed by atoms with Gasteiger partial charge in [0.25, 0.3) is 0 Å². The van der Waals surface area contributed by atoms with Crippen LogP contribution in [0.3, 0.4) is 0 Å². The monoisotopic (exact) mass is 323 g/mol. The third kappa shape index (κ3) is 3.05. The molecule has 5 nitrogen and oxygen atoms in total. The first-order valence-corrected chi connectivity index (χ1v) is 6.63. The largest absolute Gasteiger partial charge is 0.573 e. The SMILES string of the molecule is COc1ccc(OC(F)(F)F)cc1-c1cnc2ccc(C)nn12. The topological polar surface area (TPSA) is 48.7 Å². The van der Waals surface area contributed by atoms with Gasteiger partial charge >= 0.3 is 6.36 Å². The Hall–Kier alpha value is -2.77. The Bertz CT molecular complexity index is 859. The Balaban J connectivity index is 2.16. The molecule has 0 unspecified atom stereocenters. The number of benzene rings is 1. The van der Waals surface area contributed by atoms with Gasteiger partial charge in [-0.05, 0) is 37.3 Å². The maximum atomic E-state index is 12.4. The standard InChI is InChI=1S/C15H12F3N3O2/c1-9-3-6-14-19-8-12(21(14)20-9)11-7-10(23-15(16,17)18)4-5-13(11)22-2/h3-8H,1-2H3. The second-order valence-corrected chi connectivity index (χ2v) is 4.80. The van der Waals surface area contributed by atoms with Gasteiger partial charge in [-0.1, -0.05) is 0 Å². The van der Waals surface area contributed by atoms with E-state index in [0.29, 0.717) is 22.7 Å². The van der Waals surface area contributed by atoms with Crippen molar-refractivity contribution in [1.29, 1.82) is 0 Å². The summed E-state index contributed by atoms with van der Waals surface area (Å²) in [4.78, 5) is 4.20. The highest BCUT2D eigenvalue weighted by molar-refractivity contribution is 5.71. The van der Waals surface area contributed by atoms with E-state index in [1.165, 1.54) is 31.5 Å². The van der Waals surface area contributed by atoms with Crippen LogP contribution in [0.25, 0.3) is 16.9 Å². The van der Waals surface area contributed by atoms with E-state index < -0.39 is 6.36 Å². The van der Waals surface area contributed by atoms with Gasteiger partial charge in [-0.2, -0.15) is 5.10 Å². The van der Waals surface area contributed by atoms with E-state index in [2.05, 4.69) is 14.8 Å². The number of fused-ring (bicyclic) bond motifs is 1. The molecular weight excluding hydrogens is 311 g/mol. The van der Waals surface area contributed by atoms with Crippen LogP contribution in [0.5, 0.6) is 11.5 Å². The fourth-order valence-electron chi connectivity index (χ4n) is 2.23. The average Bonchev–Trinajstić information content (AvgIpc) is 2.88. The van der Waals surface area contributed by atoms with Gasteiger partial charge in [0.05, 0.1) is 24.7 Å². The minimum absolute atomic E-state index is 0.337. The van der Waals surface area contributed by atoms with E-state index >= 15 is 0 Å². The van der Waals surface area contributed by atoms with Crippen LogP contribution < -0.4 is 9.47 Å². The molecule has 0 N–H and O–H groups in total. The summed E-state index contributed by atoms with van der Waals surface area (Å²) < 4.78 is 48.0. The molecule has 0 aliphatic rings. The molecule has 8 heteroatoms. The lowest BCUT2D eigenvalue weighted by Gasteiger charge is -2.12. The highest BCUT2D eigenvalue weighted by Gasteiger charge is 2.31. The molecule has 2 aromatic heterocycles. The smallest absolute Gasteiger partial charge is 0.496 e. The molecule has 0 radical (unpaired) electrons. The minimum atomic E-state index is -4.76. The summed E-state index contributed by atoms with van der Waals surface area (Å²) in [5.74, 6) is 0.0560. The lowest BCUT2D eigenvalue weighted by Crippen LogP contribution is -2.17. The molecule has 2 heterocycles. The van der Waals surface area contributed by atoms with Gasteiger partial charge < -0.3 is 9.47 Å². The van der Waals surface area contributed by atoms with Crippen LogP contribution >= 0.6 is 0 Å². The molecule has 0 aliphatic carbocycles. The molecule has 0 atom stereocenters. The fourth-order valence-corrected chi connectivity index (χ4v) is 2.23. The molecule has 3 aromatic rings. The first kappa shape index (κ1) is 15.1. The van der Waals surface area contributed by atoms with Crippen molar-refractivity contribution in [3.8, 4) is 22.8 Å². The average molecular weight is 323 g/mol. The third-order valence-electron chi connectivity index (χ3n) is 3.18. The fraction of sp³-hybridized carbons (Fsp3) is 0.200. The van der Waals surface area contributed by atoms with Crippen LogP contribution in [0.2, 0.25) is 0 Å². The summed E-state index contributed by atoms with van der Waals surface area (Å²) in [7, 11) is 1.44. The van der Waals surface area contributed by atoms with Crippen molar-refractivity contribution in [2.24, 2.45) is 0 Å². The van der Waals surface area contributed by atoms with Crippen molar-refractivity contribution >= 4 is 5.65 Å². The number of hydrogen-bond donors (Lipinski definition) is 0. The Kier molecular flexibility index (Phi) is 3.59. The first-order chi connectivity index (χ1) is 10.9. The molecule has 120 valence electrons. The molecule has 0 fully saturated rings. The number of methoxy groups -OCH3 is 1. The number of rotatable bonds is 3. The number of halogens is 3. The maximum Gasteiger partial charge on any atom is 0.573 e. The molecule has 0 saturated carbocycles. The van der Waals surface area contributed by atoms with Crippen molar-refractivity contribution in [1.82, 2.24) is 14.6 Å². The van der Waals surface area contributed by atoms with Crippen molar-refractivity contribution < 1.29 is 22.6 Å². The second kappa shape index (κ2) is 5.45. The Morgan fingerprint density at radius 2 is 1.91 bits per heavy atom. The molecule has 1 aromatic carbocycles. The highest BCUT2D eigenvalue weighted by Crippen LogP contribution is 2.35. The lowest BCUT2D eigenvalue weighted by molar-refractivity contribution is -0.274. The van der Waals surface area contributed by atoms with Gasteiger partial charge in [0.2, 0.25) is 0 Å². The number of aryl methyl sites for hydroxylation is 1. The quantitative estimate of drug-likeness (QED) is 0.739. The number of nitrogens with zero attached hydrogens (tertiary/aromatic N) is 3. The van der Waals surface area contributed by atoms with Crippen molar-refractivity contribution in [3.05, 3.63) is 42.2 Å². The van der Waals surface area contributed by atoms with E-state index in [9.17, 15) is 13.2 Å². The van der Waals surface area contributed by atoms with Crippen LogP contribution in [0.15, 0.2) is 36.5 Å². The zero-order chi connectivity index (χ0) is 16.6. The van der Waals surface area contributed by atoms with E-state index in [1.807, 2.05) is 6.92 Å². The maximum absolute atomic E-state index is 12.4. The second-order valence-electron chi connectivity index (χ2n) is 4.80. The zero-order valence-electron chi connectivity index (χ0n) is 12.3. The van der Waals surface area contributed by atoms with Gasteiger partial charge in [0.1, 0.15) is 11.5 Å². The zero-order valence-corrected chi connectivity index (χ0v) is 12.3. The van der Waals surface area contributed by atoms with Crippen molar-refractivity contribution in [2.75, 3.05) is 7.11 Å². The summed E-state index contributed by atoms with van der Waals surface area (Å²) in [6.45, 7) is 1.81. The van der Waals surface area contributed by atoms with Gasteiger partial charge in [0, 0.05) is 5.56 Å². The predicted molar refractivity (Wildman–Crippen MR) is 76.4 cm³/mol. The number of imidazole rings is 1. The number of alkyl halides is 3. The number of hydrogen-bond acceptors (Lipinski definition) is 4. The highest BCUT2D eigenvalue weighted by atomic mass is 19.4. The summed E-state index contributed by atoms with van der Waals surface area (Å²) in [6, 6.07) is 7.42. The van der Waals surface area contributed by atoms with Crippen molar-refractivity contribution in [3.63, 3.8) is 0 Å². The molecule has 0 bridgehead atoms. The Morgan fingerprint density at radius 1 is 1.13 bits per heavy atom. The normalized spacial score (nSPS) is 11.7. The van der Waals surface area contributed by atoms with Crippen LogP contribution in [-0.4, -0.2) is 28.1 Å². The third-order valence-corrected chi connectivity index (χ3v) is 3.18.